The van der Waals surface area contributed by atoms with Crippen molar-refractivity contribution in [1.29, 1.82) is 0 Å². The monoisotopic (exact) mass is 312 g/mol. The van der Waals surface area contributed by atoms with E-state index in [-0.39, 0.29) is 22.2 Å². The number of aromatic nitrogens is 1. The molecule has 0 saturated carbocycles. The minimum atomic E-state index is -1.22. The first-order valence-corrected chi connectivity index (χ1v) is 5.77. The zero-order valence-corrected chi connectivity index (χ0v) is 10.9. The van der Waals surface area contributed by atoms with Crippen LogP contribution in [0.4, 0.5) is 10.1 Å². The predicted molar refractivity (Wildman–Crippen MR) is 69.3 cm³/mol. The number of benzene rings is 1. The van der Waals surface area contributed by atoms with Gasteiger partial charge in [-0.25, -0.2) is 14.2 Å². The molecule has 0 fully saturated rings. The Morgan fingerprint density at radius 3 is 2.67 bits per heavy atom. The van der Waals surface area contributed by atoms with E-state index in [4.69, 9.17) is 21.4 Å². The van der Waals surface area contributed by atoms with E-state index in [1.54, 1.807) is 0 Å². The summed E-state index contributed by atoms with van der Waals surface area (Å²) in [5, 5.41) is 19.1. The molecular weight excluding hydrogens is 307 g/mol. The molecule has 0 spiro atoms. The van der Waals surface area contributed by atoms with Gasteiger partial charge in [-0.05, 0) is 12.1 Å². The van der Waals surface area contributed by atoms with Gasteiger partial charge in [-0.2, -0.15) is 0 Å². The molecule has 2 aromatic rings. The van der Waals surface area contributed by atoms with Crippen LogP contribution in [0.2, 0.25) is 5.02 Å². The number of carboxylic acid groups (broad SMARTS) is 1. The van der Waals surface area contributed by atoms with Crippen LogP contribution in [0.1, 0.15) is 10.4 Å². The molecule has 1 N–H and O–H groups in total. The first-order chi connectivity index (χ1) is 9.88. The van der Waals surface area contributed by atoms with Gasteiger partial charge in [-0.15, -0.1) is 0 Å². The first kappa shape index (κ1) is 14.7. The highest BCUT2D eigenvalue weighted by Crippen LogP contribution is 2.30. The Labute approximate surface area is 121 Å². The van der Waals surface area contributed by atoms with E-state index >= 15 is 0 Å². The Kier molecular flexibility index (Phi) is 3.99. The maximum absolute atomic E-state index is 13.6. The molecular formula is C12H6ClFN2O5. The van der Waals surface area contributed by atoms with Crippen LogP contribution in [-0.2, 0) is 0 Å². The molecule has 108 valence electrons. The van der Waals surface area contributed by atoms with Crippen LogP contribution in [0.5, 0.6) is 11.6 Å². The Balaban J connectivity index is 2.30. The number of carbonyl (C=O) groups is 1. The normalized spacial score (nSPS) is 10.2. The smallest absolute Gasteiger partial charge is 0.337 e. The fourth-order valence-electron chi connectivity index (χ4n) is 1.41. The lowest BCUT2D eigenvalue weighted by Gasteiger charge is -2.07. The standard InChI is InChI=1S/C12H6ClFN2O5/c13-8-3-6(12(17)18)5-15-11(8)21-10-2-1-7(16(19)20)4-9(10)14/h1-5H,(H,17,18). The van der Waals surface area contributed by atoms with E-state index in [1.807, 2.05) is 0 Å². The van der Waals surface area contributed by atoms with Crippen molar-refractivity contribution in [3.05, 3.63) is 57.0 Å². The molecule has 7 nitrogen and oxygen atoms in total. The van der Waals surface area contributed by atoms with E-state index in [2.05, 4.69) is 4.98 Å². The second-order valence-corrected chi connectivity index (χ2v) is 4.20. The molecule has 21 heavy (non-hydrogen) atoms. The number of pyridine rings is 1. The number of nitrogens with zero attached hydrogens (tertiary/aromatic N) is 2. The Bertz CT molecular complexity index is 676. The van der Waals surface area contributed by atoms with Gasteiger partial charge >= 0.3 is 5.97 Å². The van der Waals surface area contributed by atoms with Gasteiger partial charge in [0.2, 0.25) is 5.88 Å². The van der Waals surface area contributed by atoms with Crippen LogP contribution in [-0.4, -0.2) is 21.0 Å². The van der Waals surface area contributed by atoms with E-state index in [9.17, 15) is 19.3 Å². The third kappa shape index (κ3) is 3.23. The molecule has 0 atom stereocenters. The number of aromatic carboxylic acids is 1. The molecule has 0 amide bonds. The third-order valence-corrected chi connectivity index (χ3v) is 2.66. The highest BCUT2D eigenvalue weighted by atomic mass is 35.5. The number of rotatable bonds is 4. The zero-order valence-electron chi connectivity index (χ0n) is 10.1. The minimum absolute atomic E-state index is 0.132. The average Bonchev–Trinajstić information content (AvgIpc) is 2.42. The number of halogens is 2. The largest absolute Gasteiger partial charge is 0.478 e. The molecule has 0 aliphatic rings. The van der Waals surface area contributed by atoms with Gasteiger partial charge in [0.05, 0.1) is 16.6 Å². The van der Waals surface area contributed by atoms with Crippen molar-refractivity contribution in [2.75, 3.05) is 0 Å². The summed E-state index contributed by atoms with van der Waals surface area (Å²) in [6.45, 7) is 0. The van der Waals surface area contributed by atoms with Crippen molar-refractivity contribution in [3.63, 3.8) is 0 Å². The summed E-state index contributed by atoms with van der Waals surface area (Å²) in [6, 6.07) is 3.89. The molecule has 1 aromatic heterocycles. The van der Waals surface area contributed by atoms with Gasteiger partial charge in [-0.3, -0.25) is 10.1 Å². The molecule has 9 heteroatoms. The molecule has 0 saturated heterocycles. The van der Waals surface area contributed by atoms with Crippen molar-refractivity contribution in [1.82, 2.24) is 4.98 Å². The Morgan fingerprint density at radius 1 is 1.43 bits per heavy atom. The third-order valence-electron chi connectivity index (χ3n) is 2.39. The average molecular weight is 313 g/mol. The van der Waals surface area contributed by atoms with E-state index in [0.29, 0.717) is 6.07 Å². The quantitative estimate of drug-likeness (QED) is 0.686. The molecule has 0 radical (unpaired) electrons. The fraction of sp³-hybridized carbons (Fsp3) is 0. The number of hydrogen-bond acceptors (Lipinski definition) is 5. The fourth-order valence-corrected chi connectivity index (χ4v) is 1.61. The maximum atomic E-state index is 13.6. The molecule has 0 aliphatic carbocycles. The van der Waals surface area contributed by atoms with Gasteiger partial charge in [0.25, 0.3) is 5.69 Å². The molecule has 0 aliphatic heterocycles. The lowest BCUT2D eigenvalue weighted by molar-refractivity contribution is -0.385. The van der Waals surface area contributed by atoms with Gasteiger partial charge < -0.3 is 9.84 Å². The zero-order chi connectivity index (χ0) is 15.6. The summed E-state index contributed by atoms with van der Waals surface area (Å²) in [4.78, 5) is 24.1. The van der Waals surface area contributed by atoms with Crippen molar-refractivity contribution in [3.8, 4) is 11.6 Å². The number of nitro benzene ring substituents is 1. The molecule has 1 aromatic carbocycles. The van der Waals surface area contributed by atoms with Gasteiger partial charge in [0, 0.05) is 12.3 Å². The number of ether oxygens (including phenoxy) is 1. The minimum Gasteiger partial charge on any atom is -0.478 e. The van der Waals surface area contributed by atoms with Crippen LogP contribution in [0.25, 0.3) is 0 Å². The highest BCUT2D eigenvalue weighted by Gasteiger charge is 2.15. The molecule has 2 rings (SSSR count). The number of carboxylic acids is 1. The second-order valence-electron chi connectivity index (χ2n) is 3.79. The van der Waals surface area contributed by atoms with E-state index < -0.39 is 22.4 Å². The van der Waals surface area contributed by atoms with E-state index in [0.717, 1.165) is 24.4 Å². The highest BCUT2D eigenvalue weighted by molar-refractivity contribution is 6.32. The Morgan fingerprint density at radius 2 is 2.14 bits per heavy atom. The van der Waals surface area contributed by atoms with Gasteiger partial charge in [0.1, 0.15) is 5.02 Å². The lowest BCUT2D eigenvalue weighted by atomic mass is 10.3. The summed E-state index contributed by atoms with van der Waals surface area (Å²) in [5.41, 5.74) is -0.586. The Hall–Kier alpha value is -2.74. The van der Waals surface area contributed by atoms with Crippen LogP contribution in [0.3, 0.4) is 0 Å². The van der Waals surface area contributed by atoms with Gasteiger partial charge in [0.15, 0.2) is 11.6 Å². The van der Waals surface area contributed by atoms with Crippen LogP contribution >= 0.6 is 11.6 Å². The molecule has 1 heterocycles. The summed E-state index contributed by atoms with van der Waals surface area (Å²) >= 11 is 5.78. The molecule has 0 unspecified atom stereocenters. The lowest BCUT2D eigenvalue weighted by Crippen LogP contribution is -1.99. The maximum Gasteiger partial charge on any atom is 0.337 e. The first-order valence-electron chi connectivity index (χ1n) is 5.39. The summed E-state index contributed by atoms with van der Waals surface area (Å²) in [6.07, 6.45) is 0.993. The topological polar surface area (TPSA) is 103 Å². The van der Waals surface area contributed by atoms with Crippen LogP contribution in [0.15, 0.2) is 30.5 Å². The summed E-state index contributed by atoms with van der Waals surface area (Å²) < 4.78 is 18.7. The number of non-ortho nitro benzene ring substituents is 1. The SMILES string of the molecule is O=C(O)c1cnc(Oc2ccc([N+](=O)[O-])cc2F)c(Cl)c1. The molecule has 0 bridgehead atoms. The van der Waals surface area contributed by atoms with Crippen molar-refractivity contribution >= 4 is 23.3 Å². The van der Waals surface area contributed by atoms with Gasteiger partial charge in [-0.1, -0.05) is 11.6 Å². The van der Waals surface area contributed by atoms with Crippen molar-refractivity contribution in [2.45, 2.75) is 0 Å². The van der Waals surface area contributed by atoms with Crippen LogP contribution < -0.4 is 4.74 Å². The predicted octanol–water partition coefficient (Wildman–Crippen LogP) is 3.27. The number of hydrogen-bond donors (Lipinski definition) is 1. The second kappa shape index (κ2) is 5.71. The van der Waals surface area contributed by atoms with Crippen LogP contribution in [0, 0.1) is 15.9 Å². The van der Waals surface area contributed by atoms with E-state index in [1.165, 1.54) is 0 Å². The summed E-state index contributed by atoms with van der Waals surface area (Å²) in [5.74, 6) is -2.73. The summed E-state index contributed by atoms with van der Waals surface area (Å²) in [7, 11) is 0. The number of nitro groups is 1. The van der Waals surface area contributed by atoms with Crippen molar-refractivity contribution in [2.24, 2.45) is 0 Å². The van der Waals surface area contributed by atoms with Crippen molar-refractivity contribution < 1.29 is 24.0 Å².